The van der Waals surface area contributed by atoms with Crippen molar-refractivity contribution in [3.63, 3.8) is 0 Å². The number of aromatic nitrogens is 2. The van der Waals surface area contributed by atoms with Gasteiger partial charge in [-0.2, -0.15) is 0 Å². The molecule has 0 bridgehead atoms. The lowest BCUT2D eigenvalue weighted by Crippen LogP contribution is -2.28. The Balaban J connectivity index is 1.70. The molecule has 0 aliphatic carbocycles. The minimum absolute atomic E-state index is 0.0475. The molecule has 0 saturated carbocycles. The maximum atomic E-state index is 6.48. The highest BCUT2D eigenvalue weighted by molar-refractivity contribution is 7.15. The molecule has 26 heavy (non-hydrogen) atoms. The Morgan fingerprint density at radius 3 is 3.04 bits per heavy atom. The van der Waals surface area contributed by atoms with Crippen molar-refractivity contribution in [3.05, 3.63) is 64.5 Å². The maximum absolute atomic E-state index is 6.48. The molecule has 3 aromatic rings. The van der Waals surface area contributed by atoms with E-state index in [9.17, 15) is 0 Å². The van der Waals surface area contributed by atoms with Crippen LogP contribution in [0.15, 0.2) is 53.1 Å². The van der Waals surface area contributed by atoms with Crippen molar-refractivity contribution in [2.45, 2.75) is 12.5 Å². The smallest absolute Gasteiger partial charge is 0.195 e. The molecular weight excluding hydrogens is 366 g/mol. The Bertz CT molecular complexity index is 971. The number of benzene rings is 1. The van der Waals surface area contributed by atoms with Gasteiger partial charge in [0.25, 0.3) is 0 Å². The van der Waals surface area contributed by atoms with Crippen molar-refractivity contribution < 1.29 is 0 Å². The lowest BCUT2D eigenvalue weighted by Gasteiger charge is -2.29. The summed E-state index contributed by atoms with van der Waals surface area (Å²) in [6.07, 6.45) is 8.75. The number of nitrogens with zero attached hydrogens (tertiary/aromatic N) is 5. The summed E-state index contributed by atoms with van der Waals surface area (Å²) in [4.78, 5) is 14.1. The molecule has 0 fully saturated rings. The molecule has 1 unspecified atom stereocenters. The SMILES string of the molecule is CN(C)CCc1cccc(N2C=NC=CC2c2c(Cl)nc3sccn23)c1. The Morgan fingerprint density at radius 2 is 2.19 bits per heavy atom. The van der Waals surface area contributed by atoms with Gasteiger partial charge in [-0.05, 0) is 44.3 Å². The number of hydrogen-bond donors (Lipinski definition) is 0. The molecule has 0 saturated heterocycles. The normalized spacial score (nSPS) is 16.9. The largest absolute Gasteiger partial charge is 0.320 e. The summed E-state index contributed by atoms with van der Waals surface area (Å²) in [6.45, 7) is 1.02. The van der Waals surface area contributed by atoms with Crippen LogP contribution in [0.4, 0.5) is 5.69 Å². The van der Waals surface area contributed by atoms with Gasteiger partial charge >= 0.3 is 0 Å². The minimum Gasteiger partial charge on any atom is -0.320 e. The summed E-state index contributed by atoms with van der Waals surface area (Å²) in [6, 6.07) is 8.55. The Kier molecular flexibility index (Phi) is 4.80. The van der Waals surface area contributed by atoms with Gasteiger partial charge in [-0.25, -0.2) is 9.98 Å². The van der Waals surface area contributed by atoms with Gasteiger partial charge in [0.2, 0.25) is 0 Å². The molecule has 1 aliphatic rings. The average Bonchev–Trinajstić information content (AvgIpc) is 3.20. The highest BCUT2D eigenvalue weighted by Crippen LogP contribution is 2.35. The topological polar surface area (TPSA) is 36.1 Å². The van der Waals surface area contributed by atoms with E-state index >= 15 is 0 Å². The summed E-state index contributed by atoms with van der Waals surface area (Å²) in [5, 5.41) is 2.56. The van der Waals surface area contributed by atoms with Gasteiger partial charge in [0.1, 0.15) is 0 Å². The first kappa shape index (κ1) is 17.3. The molecule has 0 N–H and O–H groups in total. The van der Waals surface area contributed by atoms with Crippen LogP contribution in [0.2, 0.25) is 5.15 Å². The summed E-state index contributed by atoms with van der Waals surface area (Å²) >= 11 is 8.06. The number of anilines is 1. The molecule has 134 valence electrons. The number of rotatable bonds is 5. The molecule has 3 heterocycles. The molecule has 4 rings (SSSR count). The van der Waals surface area contributed by atoms with Gasteiger partial charge in [0.15, 0.2) is 10.1 Å². The molecule has 2 aromatic heterocycles. The first-order chi connectivity index (χ1) is 12.6. The lowest BCUT2D eigenvalue weighted by molar-refractivity contribution is 0.413. The van der Waals surface area contributed by atoms with Gasteiger partial charge < -0.3 is 9.80 Å². The van der Waals surface area contributed by atoms with Crippen LogP contribution in [-0.2, 0) is 6.42 Å². The zero-order chi connectivity index (χ0) is 18.1. The fourth-order valence-electron chi connectivity index (χ4n) is 3.12. The lowest BCUT2D eigenvalue weighted by atomic mass is 10.1. The third kappa shape index (κ3) is 3.28. The van der Waals surface area contributed by atoms with Crippen molar-refractivity contribution in [2.75, 3.05) is 25.5 Å². The molecule has 1 atom stereocenters. The van der Waals surface area contributed by atoms with Crippen molar-refractivity contribution in [3.8, 4) is 0 Å². The molecular formula is C19H20ClN5S. The second-order valence-electron chi connectivity index (χ2n) is 6.52. The number of likely N-dealkylation sites (N-methyl/N-ethyl adjacent to an activating group) is 1. The van der Waals surface area contributed by atoms with Crippen LogP contribution in [-0.4, -0.2) is 41.3 Å². The van der Waals surface area contributed by atoms with Gasteiger partial charge in [-0.15, -0.1) is 11.3 Å². The quantitative estimate of drug-likeness (QED) is 0.658. The minimum atomic E-state index is -0.0475. The second kappa shape index (κ2) is 7.23. The fraction of sp³-hybridized carbons (Fsp3) is 0.263. The van der Waals surface area contributed by atoms with Crippen LogP contribution < -0.4 is 4.90 Å². The van der Waals surface area contributed by atoms with Gasteiger partial charge in [-0.1, -0.05) is 23.7 Å². The molecule has 0 amide bonds. The highest BCUT2D eigenvalue weighted by atomic mass is 35.5. The van der Waals surface area contributed by atoms with E-state index in [0.717, 1.165) is 29.3 Å². The number of thiazole rings is 1. The number of fused-ring (bicyclic) bond motifs is 1. The van der Waals surface area contributed by atoms with Gasteiger partial charge in [0, 0.05) is 30.0 Å². The van der Waals surface area contributed by atoms with Crippen LogP contribution >= 0.6 is 22.9 Å². The first-order valence-corrected chi connectivity index (χ1v) is 9.72. The summed E-state index contributed by atoms with van der Waals surface area (Å²) in [5.41, 5.74) is 3.36. The number of aliphatic imine (C=N–C) groups is 1. The summed E-state index contributed by atoms with van der Waals surface area (Å²) in [5.74, 6) is 0. The average molecular weight is 386 g/mol. The Morgan fingerprint density at radius 1 is 1.31 bits per heavy atom. The van der Waals surface area contributed by atoms with Crippen LogP contribution in [0.1, 0.15) is 17.3 Å². The van der Waals surface area contributed by atoms with E-state index in [4.69, 9.17) is 11.6 Å². The van der Waals surface area contributed by atoms with E-state index in [-0.39, 0.29) is 6.04 Å². The van der Waals surface area contributed by atoms with Crippen LogP contribution in [0.25, 0.3) is 4.96 Å². The van der Waals surface area contributed by atoms with Crippen LogP contribution in [0, 0.1) is 0 Å². The Labute approximate surface area is 161 Å². The predicted octanol–water partition coefficient (Wildman–Crippen LogP) is 4.26. The third-order valence-electron chi connectivity index (χ3n) is 4.44. The fourth-order valence-corrected chi connectivity index (χ4v) is 4.18. The van der Waals surface area contributed by atoms with Gasteiger partial charge in [0.05, 0.1) is 18.1 Å². The molecule has 1 aliphatic heterocycles. The van der Waals surface area contributed by atoms with Crippen LogP contribution in [0.5, 0.6) is 0 Å². The van der Waals surface area contributed by atoms with E-state index in [1.807, 2.05) is 24.1 Å². The number of hydrogen-bond acceptors (Lipinski definition) is 5. The Hall–Kier alpha value is -2.15. The van der Waals surface area contributed by atoms with Crippen molar-refractivity contribution >= 4 is 39.9 Å². The molecule has 5 nitrogen and oxygen atoms in total. The molecule has 0 radical (unpaired) electrons. The summed E-state index contributed by atoms with van der Waals surface area (Å²) < 4.78 is 2.06. The monoisotopic (exact) mass is 385 g/mol. The highest BCUT2D eigenvalue weighted by Gasteiger charge is 2.26. The van der Waals surface area contributed by atoms with Crippen molar-refractivity contribution in [2.24, 2.45) is 4.99 Å². The van der Waals surface area contributed by atoms with E-state index in [1.165, 1.54) is 5.56 Å². The van der Waals surface area contributed by atoms with Crippen molar-refractivity contribution in [1.29, 1.82) is 0 Å². The molecule has 1 aromatic carbocycles. The summed E-state index contributed by atoms with van der Waals surface area (Å²) in [7, 11) is 4.19. The number of imidazole rings is 1. The zero-order valence-corrected chi connectivity index (χ0v) is 16.3. The standard InChI is InChI=1S/C19H20ClN5S/c1-23(2)9-7-14-4-3-5-15(12-14)25-13-21-8-6-16(25)17-18(20)22-19-24(17)10-11-26-19/h3-6,8,10-13,16H,7,9H2,1-2H3. The predicted molar refractivity (Wildman–Crippen MR) is 110 cm³/mol. The third-order valence-corrected chi connectivity index (χ3v) is 5.47. The van der Waals surface area contributed by atoms with E-state index in [2.05, 4.69) is 68.6 Å². The van der Waals surface area contributed by atoms with E-state index in [0.29, 0.717) is 5.15 Å². The van der Waals surface area contributed by atoms with E-state index < -0.39 is 0 Å². The van der Waals surface area contributed by atoms with Gasteiger partial charge in [-0.3, -0.25) is 4.40 Å². The molecule has 7 heteroatoms. The van der Waals surface area contributed by atoms with Crippen LogP contribution in [0.3, 0.4) is 0 Å². The molecule has 0 spiro atoms. The maximum Gasteiger partial charge on any atom is 0.195 e. The number of halogens is 1. The zero-order valence-electron chi connectivity index (χ0n) is 14.7. The van der Waals surface area contributed by atoms with Crippen molar-refractivity contribution in [1.82, 2.24) is 14.3 Å². The first-order valence-electron chi connectivity index (χ1n) is 8.46. The second-order valence-corrected chi connectivity index (χ2v) is 7.76. The van der Waals surface area contributed by atoms with E-state index in [1.54, 1.807) is 11.3 Å².